The summed E-state index contributed by atoms with van der Waals surface area (Å²) in [5, 5.41) is 0. The van der Waals surface area contributed by atoms with Crippen LogP contribution in [0.4, 0.5) is 0 Å². The number of carbonyl (C=O) groups excluding carboxylic acids is 2. The second-order valence-corrected chi connectivity index (χ2v) is 5.44. The molecule has 0 spiro atoms. The first-order valence-electron chi connectivity index (χ1n) is 8.12. The van der Waals surface area contributed by atoms with Gasteiger partial charge in [0.2, 0.25) is 0 Å². The zero-order chi connectivity index (χ0) is 19.6. The van der Waals surface area contributed by atoms with Crippen LogP contribution in [0.3, 0.4) is 0 Å². The van der Waals surface area contributed by atoms with E-state index in [9.17, 15) is 9.59 Å². The molecule has 0 aliphatic rings. The number of carbonyl (C=O) groups is 2. The third-order valence-corrected chi connectivity index (χ3v) is 3.41. The third kappa shape index (κ3) is 6.07. The van der Waals surface area contributed by atoms with Crippen LogP contribution in [-0.2, 0) is 16.1 Å². The molecule has 2 rings (SSSR count). The number of amides is 1. The minimum Gasteiger partial charge on any atom is -0.493 e. The van der Waals surface area contributed by atoms with Gasteiger partial charge in [-0.25, -0.2) is 4.79 Å². The Morgan fingerprint density at radius 2 is 1.93 bits per heavy atom. The molecule has 0 aliphatic carbocycles. The maximum Gasteiger partial charge on any atom is 0.338 e. The van der Waals surface area contributed by atoms with E-state index in [1.165, 1.54) is 7.11 Å². The van der Waals surface area contributed by atoms with Crippen molar-refractivity contribution in [3.63, 3.8) is 0 Å². The largest absolute Gasteiger partial charge is 0.493 e. The summed E-state index contributed by atoms with van der Waals surface area (Å²) in [5.74, 6) is 0.322. The molecule has 0 saturated carbocycles. The van der Waals surface area contributed by atoms with Gasteiger partial charge >= 0.3 is 5.97 Å². The molecule has 2 aromatic rings. The van der Waals surface area contributed by atoms with Crippen LogP contribution >= 0.6 is 0 Å². The van der Waals surface area contributed by atoms with Gasteiger partial charge in [0.05, 0.1) is 12.7 Å². The van der Waals surface area contributed by atoms with Crippen molar-refractivity contribution >= 4 is 11.9 Å². The fraction of sp³-hybridized carbons (Fsp3) is 0.200. The summed E-state index contributed by atoms with van der Waals surface area (Å²) in [4.78, 5) is 23.1. The van der Waals surface area contributed by atoms with Gasteiger partial charge in [0, 0.05) is 0 Å². The average molecular weight is 371 g/mol. The topological polar surface area (TPSA) is 97.1 Å². The first kappa shape index (κ1) is 19.8. The van der Waals surface area contributed by atoms with E-state index in [1.807, 2.05) is 0 Å². The maximum atomic E-state index is 12.3. The lowest BCUT2D eigenvalue weighted by Crippen LogP contribution is -2.20. The molecule has 2 N–H and O–H groups in total. The number of methoxy groups -OCH3 is 1. The highest BCUT2D eigenvalue weighted by Crippen LogP contribution is 2.28. The molecule has 0 atom stereocenters. The molecular formula is C20H21NO6. The quantitative estimate of drug-likeness (QED) is 0.509. The van der Waals surface area contributed by atoms with Gasteiger partial charge in [-0.15, -0.1) is 0 Å². The monoisotopic (exact) mass is 371 g/mol. The van der Waals surface area contributed by atoms with Crippen LogP contribution in [0.15, 0.2) is 55.1 Å². The van der Waals surface area contributed by atoms with Crippen LogP contribution in [0.25, 0.3) is 0 Å². The lowest BCUT2D eigenvalue weighted by atomic mass is 10.2. The maximum absolute atomic E-state index is 12.3. The first-order valence-corrected chi connectivity index (χ1v) is 8.12. The number of ether oxygens (including phenoxy) is 4. The molecule has 142 valence electrons. The minimum absolute atomic E-state index is 0.0453. The minimum atomic E-state index is -0.568. The molecule has 0 unspecified atom stereocenters. The number of benzene rings is 2. The van der Waals surface area contributed by atoms with E-state index in [0.717, 1.165) is 0 Å². The molecule has 27 heavy (non-hydrogen) atoms. The van der Waals surface area contributed by atoms with Crippen molar-refractivity contribution in [2.75, 3.05) is 20.3 Å². The van der Waals surface area contributed by atoms with Crippen molar-refractivity contribution < 1.29 is 28.5 Å². The number of esters is 1. The van der Waals surface area contributed by atoms with Crippen LogP contribution in [0.5, 0.6) is 17.2 Å². The van der Waals surface area contributed by atoms with Gasteiger partial charge in [0.25, 0.3) is 5.91 Å². The molecule has 7 nitrogen and oxygen atoms in total. The second-order valence-electron chi connectivity index (χ2n) is 5.44. The van der Waals surface area contributed by atoms with E-state index in [4.69, 9.17) is 24.7 Å². The Kier molecular flexibility index (Phi) is 7.25. The number of nitrogens with two attached hydrogens (primary N) is 1. The van der Waals surface area contributed by atoms with E-state index in [2.05, 4.69) is 6.58 Å². The Hall–Kier alpha value is -3.48. The summed E-state index contributed by atoms with van der Waals surface area (Å²) in [6.07, 6.45) is 1.61. The van der Waals surface area contributed by atoms with E-state index in [-0.39, 0.29) is 13.2 Å². The molecule has 2 aromatic carbocycles. The Morgan fingerprint density at radius 1 is 1.11 bits per heavy atom. The van der Waals surface area contributed by atoms with E-state index < -0.39 is 11.9 Å². The first-order chi connectivity index (χ1) is 13.0. The molecule has 1 amide bonds. The third-order valence-electron chi connectivity index (χ3n) is 3.41. The smallest absolute Gasteiger partial charge is 0.338 e. The van der Waals surface area contributed by atoms with Crippen LogP contribution < -0.4 is 19.9 Å². The normalized spacial score (nSPS) is 9.96. The van der Waals surface area contributed by atoms with Crippen molar-refractivity contribution in [2.45, 2.75) is 6.61 Å². The lowest BCUT2D eigenvalue weighted by molar-refractivity contribution is -0.119. The van der Waals surface area contributed by atoms with Crippen molar-refractivity contribution in [3.05, 3.63) is 66.2 Å². The highest BCUT2D eigenvalue weighted by atomic mass is 16.5. The van der Waals surface area contributed by atoms with Crippen LogP contribution in [0.2, 0.25) is 0 Å². The van der Waals surface area contributed by atoms with Gasteiger partial charge in [0.1, 0.15) is 19.0 Å². The summed E-state index contributed by atoms with van der Waals surface area (Å²) < 4.78 is 21.2. The van der Waals surface area contributed by atoms with E-state index >= 15 is 0 Å². The molecule has 0 aliphatic heterocycles. The summed E-state index contributed by atoms with van der Waals surface area (Å²) >= 11 is 0. The standard InChI is InChI=1S/C20H21NO6/c1-3-9-25-17-8-7-15(11-18(17)24-2)20(23)27-12-14-5-4-6-16(10-14)26-13-19(21)22/h3-8,10-11H,1,9,12-13H2,2H3,(H2,21,22). The van der Waals surface area contributed by atoms with Crippen LogP contribution in [0.1, 0.15) is 15.9 Å². The van der Waals surface area contributed by atoms with Crippen molar-refractivity contribution in [3.8, 4) is 17.2 Å². The molecule has 7 heteroatoms. The fourth-order valence-corrected chi connectivity index (χ4v) is 2.17. The van der Waals surface area contributed by atoms with Crippen LogP contribution in [-0.4, -0.2) is 32.2 Å². The van der Waals surface area contributed by atoms with Crippen molar-refractivity contribution in [1.29, 1.82) is 0 Å². The summed E-state index contributed by atoms with van der Waals surface area (Å²) in [5.41, 5.74) is 6.09. The molecule has 0 bridgehead atoms. The molecule has 0 saturated heterocycles. The Labute approximate surface area is 157 Å². The van der Waals surface area contributed by atoms with Crippen LogP contribution in [0, 0.1) is 0 Å². The summed E-state index contributed by atoms with van der Waals surface area (Å²) in [6, 6.07) is 11.6. The highest BCUT2D eigenvalue weighted by molar-refractivity contribution is 5.90. The van der Waals surface area contributed by atoms with Crippen molar-refractivity contribution in [2.24, 2.45) is 5.73 Å². The Bertz CT molecular complexity index is 818. The summed E-state index contributed by atoms with van der Waals surface area (Å²) in [7, 11) is 1.49. The number of hydrogen-bond donors (Lipinski definition) is 1. The molecule has 0 heterocycles. The Morgan fingerprint density at radius 3 is 2.63 bits per heavy atom. The zero-order valence-electron chi connectivity index (χ0n) is 15.0. The van der Waals surface area contributed by atoms with E-state index in [1.54, 1.807) is 48.5 Å². The van der Waals surface area contributed by atoms with Gasteiger partial charge in [-0.05, 0) is 35.9 Å². The second kappa shape index (κ2) is 9.86. The summed E-state index contributed by atoms with van der Waals surface area (Å²) in [6.45, 7) is 3.74. The predicted molar refractivity (Wildman–Crippen MR) is 98.9 cm³/mol. The van der Waals surface area contributed by atoms with Gasteiger partial charge in [-0.1, -0.05) is 24.8 Å². The molecule has 0 fully saturated rings. The zero-order valence-corrected chi connectivity index (χ0v) is 15.0. The SMILES string of the molecule is C=CCOc1ccc(C(=O)OCc2cccc(OCC(N)=O)c2)cc1OC. The average Bonchev–Trinajstić information content (AvgIpc) is 2.69. The van der Waals surface area contributed by atoms with Gasteiger partial charge in [-0.3, -0.25) is 4.79 Å². The Balaban J connectivity index is 2.00. The van der Waals surface area contributed by atoms with E-state index in [0.29, 0.717) is 35.0 Å². The predicted octanol–water partition coefficient (Wildman–Crippen LogP) is 2.48. The highest BCUT2D eigenvalue weighted by Gasteiger charge is 2.13. The fourth-order valence-electron chi connectivity index (χ4n) is 2.17. The van der Waals surface area contributed by atoms with Crippen molar-refractivity contribution in [1.82, 2.24) is 0 Å². The lowest BCUT2D eigenvalue weighted by Gasteiger charge is -2.11. The molecule has 0 radical (unpaired) electrons. The van der Waals surface area contributed by atoms with Gasteiger partial charge < -0.3 is 24.7 Å². The number of rotatable bonds is 10. The van der Waals surface area contributed by atoms with Gasteiger partial charge in [0.15, 0.2) is 18.1 Å². The van der Waals surface area contributed by atoms with Gasteiger partial charge in [-0.2, -0.15) is 0 Å². The number of hydrogen-bond acceptors (Lipinski definition) is 6. The number of primary amides is 1. The molecular weight excluding hydrogens is 350 g/mol. The molecule has 0 aromatic heterocycles.